The van der Waals surface area contributed by atoms with Crippen molar-refractivity contribution < 1.29 is 28.7 Å². The van der Waals surface area contributed by atoms with E-state index in [9.17, 15) is 19.7 Å². The molecule has 0 saturated heterocycles. The Morgan fingerprint density at radius 3 is 2.62 bits per heavy atom. The first-order valence-electron chi connectivity index (χ1n) is 10.5. The van der Waals surface area contributed by atoms with Gasteiger partial charge in [-0.15, -0.1) is 0 Å². The second kappa shape index (κ2) is 9.68. The van der Waals surface area contributed by atoms with E-state index in [0.29, 0.717) is 46.4 Å². The van der Waals surface area contributed by atoms with Crippen LogP contribution >= 0.6 is 15.9 Å². The minimum atomic E-state index is -0.718. The van der Waals surface area contributed by atoms with Crippen LogP contribution in [0.5, 0.6) is 5.75 Å². The average molecular weight is 529 g/mol. The molecule has 0 spiro atoms. The van der Waals surface area contributed by atoms with E-state index in [1.54, 1.807) is 30.3 Å². The summed E-state index contributed by atoms with van der Waals surface area (Å²) in [5.74, 6) is -0.531. The Morgan fingerprint density at radius 1 is 1.24 bits per heavy atom. The van der Waals surface area contributed by atoms with E-state index in [2.05, 4.69) is 15.9 Å². The molecule has 0 unspecified atom stereocenters. The van der Waals surface area contributed by atoms with E-state index in [-0.39, 0.29) is 29.5 Å². The standard InChI is InChI=1S/C24H21BrN2O7/c1-32-24(29)22-20(21-17(28)3-2-4-19(21)34-23(22)26)14-7-10-18(16(25)11-14)33-12-13-5-8-15(9-6-13)27(30)31/h5-11,20H,2-4,12,26H2,1H3/t20-/m0/s1. The lowest BCUT2D eigenvalue weighted by molar-refractivity contribution is -0.384. The van der Waals surface area contributed by atoms with Crippen LogP contribution in [0.3, 0.4) is 0 Å². The molecular formula is C24H21BrN2O7. The second-order valence-electron chi connectivity index (χ2n) is 7.82. The van der Waals surface area contributed by atoms with Gasteiger partial charge in [-0.1, -0.05) is 6.07 Å². The minimum absolute atomic E-state index is 0.00502. The molecule has 0 bridgehead atoms. The molecule has 0 saturated carbocycles. The summed E-state index contributed by atoms with van der Waals surface area (Å²) >= 11 is 3.50. The number of ketones is 1. The molecule has 0 aromatic heterocycles. The largest absolute Gasteiger partial charge is 0.488 e. The Labute approximate surface area is 203 Å². The Hall–Kier alpha value is -3.66. The highest BCUT2D eigenvalue weighted by Crippen LogP contribution is 2.45. The number of carbonyl (C=O) groups excluding carboxylic acids is 2. The molecule has 0 amide bonds. The first-order valence-corrected chi connectivity index (χ1v) is 11.3. The molecule has 4 rings (SSSR count). The molecule has 34 heavy (non-hydrogen) atoms. The van der Waals surface area contributed by atoms with Crippen LogP contribution in [0.15, 0.2) is 69.7 Å². The normalized spacial score (nSPS) is 17.7. The SMILES string of the molecule is COC(=O)C1=C(N)OC2=C(C(=O)CCC2)[C@@H]1c1ccc(OCc2ccc([N+](=O)[O-])cc2)c(Br)c1. The summed E-state index contributed by atoms with van der Waals surface area (Å²) < 4.78 is 17.0. The van der Waals surface area contributed by atoms with E-state index in [0.717, 1.165) is 5.56 Å². The summed E-state index contributed by atoms with van der Waals surface area (Å²) in [7, 11) is 1.25. The number of benzene rings is 2. The zero-order valence-electron chi connectivity index (χ0n) is 18.2. The summed E-state index contributed by atoms with van der Waals surface area (Å²) in [6, 6.07) is 11.3. The molecule has 176 valence electrons. The number of nitrogens with zero attached hydrogens (tertiary/aromatic N) is 1. The van der Waals surface area contributed by atoms with Gasteiger partial charge in [-0.25, -0.2) is 4.79 Å². The first-order chi connectivity index (χ1) is 16.3. The molecular weight excluding hydrogens is 508 g/mol. The van der Waals surface area contributed by atoms with Gasteiger partial charge in [-0.3, -0.25) is 14.9 Å². The van der Waals surface area contributed by atoms with Gasteiger partial charge in [0.05, 0.1) is 22.4 Å². The Bertz CT molecular complexity index is 1230. The fraction of sp³-hybridized carbons (Fsp3) is 0.250. The van der Waals surface area contributed by atoms with Gasteiger partial charge in [0, 0.05) is 30.5 Å². The highest BCUT2D eigenvalue weighted by Gasteiger charge is 2.41. The molecule has 10 heteroatoms. The van der Waals surface area contributed by atoms with Crippen LogP contribution in [0.2, 0.25) is 0 Å². The molecule has 0 radical (unpaired) electrons. The monoisotopic (exact) mass is 528 g/mol. The smallest absolute Gasteiger partial charge is 0.340 e. The van der Waals surface area contributed by atoms with E-state index < -0.39 is 16.8 Å². The number of hydrogen-bond donors (Lipinski definition) is 1. The van der Waals surface area contributed by atoms with Gasteiger partial charge in [-0.2, -0.15) is 0 Å². The van der Waals surface area contributed by atoms with Gasteiger partial charge >= 0.3 is 5.97 Å². The fourth-order valence-electron chi connectivity index (χ4n) is 4.09. The van der Waals surface area contributed by atoms with Crippen LogP contribution in [0, 0.1) is 10.1 Å². The van der Waals surface area contributed by atoms with Crippen molar-refractivity contribution in [3.63, 3.8) is 0 Å². The number of nitro benzene ring substituents is 1. The van der Waals surface area contributed by atoms with Gasteiger partial charge in [-0.05, 0) is 57.7 Å². The van der Waals surface area contributed by atoms with Crippen molar-refractivity contribution in [2.45, 2.75) is 31.8 Å². The number of nitrogens with two attached hydrogens (primary N) is 1. The number of methoxy groups -OCH3 is 1. The maximum atomic E-state index is 12.8. The number of non-ortho nitro benzene ring substituents is 1. The number of esters is 1. The third-order valence-corrected chi connectivity index (χ3v) is 6.34. The van der Waals surface area contributed by atoms with Gasteiger partial charge in [0.2, 0.25) is 5.88 Å². The second-order valence-corrected chi connectivity index (χ2v) is 8.67. The first kappa shape index (κ1) is 23.5. The van der Waals surface area contributed by atoms with Gasteiger partial charge in [0.1, 0.15) is 23.7 Å². The van der Waals surface area contributed by atoms with Gasteiger partial charge in [0.15, 0.2) is 5.78 Å². The number of ether oxygens (including phenoxy) is 3. The fourth-order valence-corrected chi connectivity index (χ4v) is 4.60. The predicted octanol–water partition coefficient (Wildman–Crippen LogP) is 4.40. The van der Waals surface area contributed by atoms with Gasteiger partial charge in [0.25, 0.3) is 5.69 Å². The lowest BCUT2D eigenvalue weighted by atomic mass is 9.77. The summed E-state index contributed by atoms with van der Waals surface area (Å²) in [6.45, 7) is 0.196. The summed E-state index contributed by atoms with van der Waals surface area (Å²) in [5, 5.41) is 10.8. The number of carbonyl (C=O) groups is 2. The number of Topliss-reactive ketones (excluding diaryl/α,β-unsaturated/α-hetero) is 1. The molecule has 1 atom stereocenters. The van der Waals surface area contributed by atoms with Crippen molar-refractivity contribution in [3.8, 4) is 5.75 Å². The van der Waals surface area contributed by atoms with Crippen LogP contribution in [0.1, 0.15) is 36.3 Å². The zero-order chi connectivity index (χ0) is 24.4. The molecule has 9 nitrogen and oxygen atoms in total. The van der Waals surface area contributed by atoms with E-state index in [4.69, 9.17) is 19.9 Å². The van der Waals surface area contributed by atoms with Gasteiger partial charge < -0.3 is 19.9 Å². The topological polar surface area (TPSA) is 131 Å². The number of allylic oxidation sites excluding steroid dienone is 2. The molecule has 1 aliphatic heterocycles. The summed E-state index contributed by atoms with van der Waals surface area (Å²) in [4.78, 5) is 35.7. The molecule has 1 aliphatic carbocycles. The molecule has 1 heterocycles. The van der Waals surface area contributed by atoms with Crippen LogP contribution < -0.4 is 10.5 Å². The number of rotatable bonds is 6. The summed E-state index contributed by atoms with van der Waals surface area (Å²) in [5.41, 5.74) is 8.01. The molecule has 2 N–H and O–H groups in total. The number of nitro groups is 1. The van der Waals surface area contributed by atoms with Crippen molar-refractivity contribution in [3.05, 3.63) is 91.0 Å². The van der Waals surface area contributed by atoms with Crippen molar-refractivity contribution in [2.75, 3.05) is 7.11 Å². The van der Waals surface area contributed by atoms with E-state index in [1.165, 1.54) is 19.2 Å². The lowest BCUT2D eigenvalue weighted by Crippen LogP contribution is -2.31. The van der Waals surface area contributed by atoms with Crippen LogP contribution in [-0.2, 0) is 25.7 Å². The van der Waals surface area contributed by atoms with Crippen molar-refractivity contribution in [2.24, 2.45) is 5.73 Å². The molecule has 2 aromatic rings. The molecule has 2 aromatic carbocycles. The highest BCUT2D eigenvalue weighted by molar-refractivity contribution is 9.10. The Balaban J connectivity index is 1.63. The zero-order valence-corrected chi connectivity index (χ0v) is 19.8. The van der Waals surface area contributed by atoms with Crippen LogP contribution in [0.4, 0.5) is 5.69 Å². The Morgan fingerprint density at radius 2 is 1.97 bits per heavy atom. The molecule has 0 fully saturated rings. The van der Waals surface area contributed by atoms with E-state index >= 15 is 0 Å². The van der Waals surface area contributed by atoms with Crippen molar-refractivity contribution >= 4 is 33.4 Å². The van der Waals surface area contributed by atoms with Crippen molar-refractivity contribution in [1.82, 2.24) is 0 Å². The van der Waals surface area contributed by atoms with Crippen LogP contribution in [-0.4, -0.2) is 23.8 Å². The quantitative estimate of drug-likeness (QED) is 0.331. The lowest BCUT2D eigenvalue weighted by Gasteiger charge is -2.32. The third kappa shape index (κ3) is 4.54. The van der Waals surface area contributed by atoms with Crippen LogP contribution in [0.25, 0.3) is 0 Å². The highest BCUT2D eigenvalue weighted by atomic mass is 79.9. The number of hydrogen-bond acceptors (Lipinski definition) is 8. The third-order valence-electron chi connectivity index (χ3n) is 5.72. The van der Waals surface area contributed by atoms with Crippen molar-refractivity contribution in [1.29, 1.82) is 0 Å². The average Bonchev–Trinajstić information content (AvgIpc) is 2.82. The maximum absolute atomic E-state index is 12.8. The number of halogens is 1. The maximum Gasteiger partial charge on any atom is 0.340 e. The molecule has 2 aliphatic rings. The minimum Gasteiger partial charge on any atom is -0.488 e. The Kier molecular flexibility index (Phi) is 6.69. The van der Waals surface area contributed by atoms with E-state index in [1.807, 2.05) is 0 Å². The predicted molar refractivity (Wildman–Crippen MR) is 125 cm³/mol. The summed E-state index contributed by atoms with van der Waals surface area (Å²) in [6.07, 6.45) is 1.58.